The van der Waals surface area contributed by atoms with Crippen molar-refractivity contribution in [3.63, 3.8) is 0 Å². The summed E-state index contributed by atoms with van der Waals surface area (Å²) >= 11 is 0. The lowest BCUT2D eigenvalue weighted by Crippen LogP contribution is -2.47. The highest BCUT2D eigenvalue weighted by Gasteiger charge is 2.25. The number of likely N-dealkylation sites (N-methyl/N-ethyl adjacent to an activating group) is 1. The van der Waals surface area contributed by atoms with E-state index < -0.39 is 0 Å². The van der Waals surface area contributed by atoms with Crippen LogP contribution in [0.5, 0.6) is 5.75 Å². The highest BCUT2D eigenvalue weighted by molar-refractivity contribution is 5.94. The van der Waals surface area contributed by atoms with Gasteiger partial charge in [0.1, 0.15) is 5.75 Å². The molecule has 1 atom stereocenters. The van der Waals surface area contributed by atoms with Crippen LogP contribution in [0.4, 0.5) is 0 Å². The second-order valence-corrected chi connectivity index (χ2v) is 4.94. The molecule has 0 bridgehead atoms. The minimum Gasteiger partial charge on any atom is -0.506 e. The number of aromatic hydroxyl groups is 1. The van der Waals surface area contributed by atoms with E-state index in [1.807, 2.05) is 19.0 Å². The van der Waals surface area contributed by atoms with Crippen LogP contribution < -0.4 is 0 Å². The summed E-state index contributed by atoms with van der Waals surface area (Å²) in [6, 6.07) is 1.88. The van der Waals surface area contributed by atoms with E-state index in [9.17, 15) is 9.90 Å². The van der Waals surface area contributed by atoms with E-state index in [2.05, 4.69) is 9.88 Å². The van der Waals surface area contributed by atoms with Gasteiger partial charge in [0.15, 0.2) is 0 Å². The van der Waals surface area contributed by atoms with Crippen LogP contribution in [0, 0.1) is 0 Å². The summed E-state index contributed by atoms with van der Waals surface area (Å²) in [6.45, 7) is 1.51. The lowest BCUT2D eigenvalue weighted by Gasteiger charge is -2.36. The Morgan fingerprint density at radius 1 is 1.50 bits per heavy atom. The van der Waals surface area contributed by atoms with E-state index in [0.717, 1.165) is 25.9 Å². The summed E-state index contributed by atoms with van der Waals surface area (Å²) in [5.41, 5.74) is 0.453. The Morgan fingerprint density at radius 3 is 2.94 bits per heavy atom. The normalized spacial score (nSPS) is 20.2. The number of likely N-dealkylation sites (tertiary alicyclic amines) is 1. The molecule has 0 aliphatic carbocycles. The minimum atomic E-state index is -0.0510. The molecule has 1 aliphatic rings. The molecule has 1 N–H and O–H groups in total. The van der Waals surface area contributed by atoms with Crippen molar-refractivity contribution in [2.45, 2.75) is 18.9 Å². The number of nitrogens with zero attached hydrogens (tertiary/aromatic N) is 3. The maximum atomic E-state index is 12.3. The first-order valence-electron chi connectivity index (χ1n) is 6.17. The Labute approximate surface area is 107 Å². The molecule has 1 aliphatic heterocycles. The van der Waals surface area contributed by atoms with Gasteiger partial charge >= 0.3 is 0 Å². The fourth-order valence-corrected chi connectivity index (χ4v) is 2.29. The number of hydrogen-bond acceptors (Lipinski definition) is 4. The van der Waals surface area contributed by atoms with Crippen molar-refractivity contribution in [2.24, 2.45) is 0 Å². The molecule has 98 valence electrons. The zero-order chi connectivity index (χ0) is 13.1. The lowest BCUT2D eigenvalue weighted by atomic mass is 10.0. The average Bonchev–Trinajstić information content (AvgIpc) is 2.38. The number of rotatable bonds is 2. The van der Waals surface area contributed by atoms with Crippen LogP contribution in [-0.2, 0) is 0 Å². The largest absolute Gasteiger partial charge is 0.506 e. The van der Waals surface area contributed by atoms with Crippen LogP contribution in [0.3, 0.4) is 0 Å². The van der Waals surface area contributed by atoms with Gasteiger partial charge in [-0.25, -0.2) is 0 Å². The van der Waals surface area contributed by atoms with E-state index in [0.29, 0.717) is 11.6 Å². The quantitative estimate of drug-likeness (QED) is 0.848. The summed E-state index contributed by atoms with van der Waals surface area (Å²) in [5, 5.41) is 9.36. The van der Waals surface area contributed by atoms with Gasteiger partial charge in [0.25, 0.3) is 5.91 Å². The van der Waals surface area contributed by atoms with Gasteiger partial charge in [-0.1, -0.05) is 0 Å². The Kier molecular flexibility index (Phi) is 3.81. The van der Waals surface area contributed by atoms with Gasteiger partial charge < -0.3 is 14.9 Å². The smallest absolute Gasteiger partial charge is 0.255 e. The Hall–Kier alpha value is -1.62. The van der Waals surface area contributed by atoms with Gasteiger partial charge in [-0.3, -0.25) is 9.78 Å². The summed E-state index contributed by atoms with van der Waals surface area (Å²) in [5.74, 6) is -0.0213. The number of amides is 1. The van der Waals surface area contributed by atoms with Crippen LogP contribution in [0.2, 0.25) is 0 Å². The van der Waals surface area contributed by atoms with Crippen LogP contribution >= 0.6 is 0 Å². The number of hydrogen-bond donors (Lipinski definition) is 1. The molecule has 1 fully saturated rings. The molecule has 18 heavy (non-hydrogen) atoms. The standard InChI is InChI=1S/C13H19N3O2/c1-15(2)11-4-3-5-16(9-11)13(18)10-6-12(17)8-14-7-10/h6-8,11,17H,3-5,9H2,1-2H3. The summed E-state index contributed by atoms with van der Waals surface area (Å²) in [7, 11) is 4.07. The first-order valence-corrected chi connectivity index (χ1v) is 6.17. The fourth-order valence-electron chi connectivity index (χ4n) is 2.29. The van der Waals surface area contributed by atoms with Gasteiger partial charge in [0.05, 0.1) is 11.8 Å². The maximum Gasteiger partial charge on any atom is 0.255 e. The highest BCUT2D eigenvalue weighted by atomic mass is 16.3. The van der Waals surface area contributed by atoms with Crippen LogP contribution in [0.15, 0.2) is 18.5 Å². The molecule has 0 aromatic carbocycles. The third kappa shape index (κ3) is 2.79. The number of carbonyl (C=O) groups excluding carboxylic acids is 1. The van der Waals surface area contributed by atoms with E-state index in [4.69, 9.17) is 0 Å². The molecule has 5 heteroatoms. The Bertz CT molecular complexity index is 434. The van der Waals surface area contributed by atoms with Crippen LogP contribution in [0.1, 0.15) is 23.2 Å². The van der Waals surface area contributed by atoms with Gasteiger partial charge in [-0.05, 0) is 33.0 Å². The van der Waals surface area contributed by atoms with Crippen molar-refractivity contribution in [3.8, 4) is 5.75 Å². The van der Waals surface area contributed by atoms with Crippen molar-refractivity contribution in [3.05, 3.63) is 24.0 Å². The SMILES string of the molecule is CN(C)C1CCCN(C(=O)c2cncc(O)c2)C1. The third-order valence-electron chi connectivity index (χ3n) is 3.38. The molecule has 0 spiro atoms. The number of piperidine rings is 1. The third-order valence-corrected chi connectivity index (χ3v) is 3.38. The van der Waals surface area contributed by atoms with E-state index in [1.165, 1.54) is 18.5 Å². The van der Waals surface area contributed by atoms with E-state index in [1.54, 1.807) is 0 Å². The molecule has 1 unspecified atom stereocenters. The zero-order valence-electron chi connectivity index (χ0n) is 10.8. The lowest BCUT2D eigenvalue weighted by molar-refractivity contribution is 0.0634. The maximum absolute atomic E-state index is 12.3. The Balaban J connectivity index is 2.09. The van der Waals surface area contributed by atoms with Crippen molar-refractivity contribution < 1.29 is 9.90 Å². The predicted octanol–water partition coefficient (Wildman–Crippen LogP) is 0.953. The van der Waals surface area contributed by atoms with Crippen LogP contribution in [0.25, 0.3) is 0 Å². The molecule has 5 nitrogen and oxygen atoms in total. The monoisotopic (exact) mass is 249 g/mol. The Morgan fingerprint density at radius 2 is 2.28 bits per heavy atom. The number of carbonyl (C=O) groups is 1. The van der Waals surface area contributed by atoms with Crippen molar-refractivity contribution in [1.82, 2.24) is 14.8 Å². The van der Waals surface area contributed by atoms with Crippen molar-refractivity contribution in [1.29, 1.82) is 0 Å². The molecule has 2 heterocycles. The molecule has 0 saturated carbocycles. The summed E-state index contributed by atoms with van der Waals surface area (Å²) < 4.78 is 0. The topological polar surface area (TPSA) is 56.7 Å². The van der Waals surface area contributed by atoms with Gasteiger partial charge in [-0.2, -0.15) is 0 Å². The number of aromatic nitrogens is 1. The van der Waals surface area contributed by atoms with E-state index >= 15 is 0 Å². The minimum absolute atomic E-state index is 0.0296. The second kappa shape index (κ2) is 5.35. The number of pyridine rings is 1. The molecule has 2 rings (SSSR count). The molecular formula is C13H19N3O2. The van der Waals surface area contributed by atoms with Gasteiger partial charge in [0, 0.05) is 25.3 Å². The molecule has 1 aromatic rings. The molecule has 0 radical (unpaired) electrons. The fraction of sp³-hybridized carbons (Fsp3) is 0.538. The molecular weight excluding hydrogens is 230 g/mol. The van der Waals surface area contributed by atoms with Gasteiger partial charge in [-0.15, -0.1) is 0 Å². The van der Waals surface area contributed by atoms with Crippen LogP contribution in [-0.4, -0.2) is 59.0 Å². The molecule has 1 saturated heterocycles. The summed E-state index contributed by atoms with van der Waals surface area (Å²) in [6.07, 6.45) is 4.97. The highest BCUT2D eigenvalue weighted by Crippen LogP contribution is 2.17. The molecule has 1 aromatic heterocycles. The van der Waals surface area contributed by atoms with E-state index in [-0.39, 0.29) is 11.7 Å². The molecule has 1 amide bonds. The second-order valence-electron chi connectivity index (χ2n) is 4.94. The zero-order valence-corrected chi connectivity index (χ0v) is 10.8. The summed E-state index contributed by atoms with van der Waals surface area (Å²) in [4.78, 5) is 20.1. The predicted molar refractivity (Wildman–Crippen MR) is 68.5 cm³/mol. The van der Waals surface area contributed by atoms with Gasteiger partial charge in [0.2, 0.25) is 0 Å². The first kappa shape index (κ1) is 12.8. The first-order chi connectivity index (χ1) is 8.58. The van der Waals surface area contributed by atoms with Crippen molar-refractivity contribution >= 4 is 5.91 Å². The average molecular weight is 249 g/mol. The van der Waals surface area contributed by atoms with Crippen molar-refractivity contribution in [2.75, 3.05) is 27.2 Å².